The van der Waals surface area contributed by atoms with E-state index in [2.05, 4.69) is 66.1 Å². The molecule has 4 atom stereocenters. The molecule has 0 amide bonds. The van der Waals surface area contributed by atoms with Crippen molar-refractivity contribution < 1.29 is 24.5 Å². The summed E-state index contributed by atoms with van der Waals surface area (Å²) in [5.74, 6) is -1.78. The summed E-state index contributed by atoms with van der Waals surface area (Å²) in [6.45, 7) is 10.4. The van der Waals surface area contributed by atoms with Gasteiger partial charge in [-0.05, 0) is 68.3 Å². The lowest BCUT2D eigenvalue weighted by atomic mass is 9.82. The maximum absolute atomic E-state index is 11.4. The van der Waals surface area contributed by atoms with Crippen LogP contribution in [0.2, 0.25) is 0 Å². The molecule has 0 radical (unpaired) electrons. The minimum Gasteiger partial charge on any atom is -0.481 e. The van der Waals surface area contributed by atoms with E-state index in [1.165, 1.54) is 16.7 Å². The standard InChI is InChI=1S/C30H44N2O5/c1-23-9-3-4-11-27(23)28-12-5-14-30(24(28)2,37-20-8-17-32-18-13-26(33)22-32)36-19-7-16-31-15-6-10-25(21-31)29(34)35/h3-5,9,11-12,14,24-26,33H,6-8,10,13,15-22H2,1-2H3,(H,34,35)/t24?,25-,26-,30?/m1/s1. The Morgan fingerprint density at radius 2 is 1.76 bits per heavy atom. The van der Waals surface area contributed by atoms with Gasteiger partial charge in [0.05, 0.1) is 25.2 Å². The van der Waals surface area contributed by atoms with E-state index in [4.69, 9.17) is 9.47 Å². The van der Waals surface area contributed by atoms with Crippen molar-refractivity contribution in [2.75, 3.05) is 52.5 Å². The Balaban J connectivity index is 1.37. The fourth-order valence-corrected chi connectivity index (χ4v) is 5.91. The molecule has 3 aliphatic rings. The Bertz CT molecular complexity index is 963. The normalized spacial score (nSPS) is 28.9. The molecule has 0 spiro atoms. The predicted octanol–water partition coefficient (Wildman–Crippen LogP) is 3.96. The second-order valence-corrected chi connectivity index (χ2v) is 10.9. The average Bonchev–Trinajstić information content (AvgIpc) is 3.31. The highest BCUT2D eigenvalue weighted by Gasteiger charge is 2.40. The summed E-state index contributed by atoms with van der Waals surface area (Å²) < 4.78 is 13.2. The number of carboxylic acid groups (broad SMARTS) is 1. The second kappa shape index (κ2) is 13.2. The molecule has 7 heteroatoms. The lowest BCUT2D eigenvalue weighted by molar-refractivity contribution is -0.223. The molecule has 2 unspecified atom stereocenters. The Kier molecular flexibility index (Phi) is 9.96. The van der Waals surface area contributed by atoms with E-state index < -0.39 is 11.8 Å². The van der Waals surface area contributed by atoms with Crippen molar-refractivity contribution in [3.8, 4) is 0 Å². The van der Waals surface area contributed by atoms with Gasteiger partial charge in [0.25, 0.3) is 0 Å². The Hall–Kier alpha value is -2.03. The number of hydrogen-bond donors (Lipinski definition) is 2. The van der Waals surface area contributed by atoms with Gasteiger partial charge in [-0.1, -0.05) is 43.3 Å². The second-order valence-electron chi connectivity index (χ2n) is 10.9. The molecule has 1 aromatic rings. The number of rotatable bonds is 12. The monoisotopic (exact) mass is 512 g/mol. The zero-order valence-corrected chi connectivity index (χ0v) is 22.5. The number of aliphatic hydroxyl groups is 1. The first-order valence-electron chi connectivity index (χ1n) is 14.0. The Morgan fingerprint density at radius 3 is 2.41 bits per heavy atom. The van der Waals surface area contributed by atoms with Gasteiger partial charge in [0, 0.05) is 38.6 Å². The van der Waals surface area contributed by atoms with Crippen LogP contribution in [-0.2, 0) is 14.3 Å². The molecule has 2 fully saturated rings. The smallest absolute Gasteiger partial charge is 0.307 e. The van der Waals surface area contributed by atoms with Crippen LogP contribution in [0, 0.1) is 18.8 Å². The zero-order valence-electron chi connectivity index (χ0n) is 22.5. The van der Waals surface area contributed by atoms with Gasteiger partial charge < -0.3 is 29.5 Å². The SMILES string of the molecule is Cc1ccccc1C1=CC=CC(OCCCN2CC[C@@H](O)C2)(OCCCN2CCC[C@@H](C(=O)O)C2)C1C. The number of hydrogen-bond acceptors (Lipinski definition) is 6. The highest BCUT2D eigenvalue weighted by molar-refractivity contribution is 5.73. The summed E-state index contributed by atoms with van der Waals surface area (Å²) in [5, 5.41) is 19.2. The third kappa shape index (κ3) is 7.30. The third-order valence-corrected chi connectivity index (χ3v) is 8.13. The van der Waals surface area contributed by atoms with Gasteiger partial charge in [0.15, 0.2) is 5.79 Å². The van der Waals surface area contributed by atoms with Gasteiger partial charge in [-0.25, -0.2) is 0 Å². The molecule has 7 nitrogen and oxygen atoms in total. The summed E-state index contributed by atoms with van der Waals surface area (Å²) in [6, 6.07) is 8.44. The molecular formula is C30H44N2O5. The summed E-state index contributed by atoms with van der Waals surface area (Å²) in [6.07, 6.45) is 10.3. The number of benzene rings is 1. The summed E-state index contributed by atoms with van der Waals surface area (Å²) >= 11 is 0. The third-order valence-electron chi connectivity index (χ3n) is 8.13. The molecule has 2 saturated heterocycles. The number of nitrogens with zero attached hydrogens (tertiary/aromatic N) is 2. The van der Waals surface area contributed by atoms with Crippen molar-refractivity contribution >= 4 is 11.5 Å². The molecule has 0 saturated carbocycles. The number of carboxylic acids is 1. The van der Waals surface area contributed by atoms with E-state index >= 15 is 0 Å². The van der Waals surface area contributed by atoms with Gasteiger partial charge in [-0.2, -0.15) is 0 Å². The fourth-order valence-electron chi connectivity index (χ4n) is 5.91. The van der Waals surface area contributed by atoms with E-state index in [1.54, 1.807) is 0 Å². The first kappa shape index (κ1) is 28.0. The molecule has 37 heavy (non-hydrogen) atoms. The van der Waals surface area contributed by atoms with Gasteiger partial charge in [-0.3, -0.25) is 4.79 Å². The van der Waals surface area contributed by atoms with E-state index in [0.717, 1.165) is 64.8 Å². The highest BCUT2D eigenvalue weighted by atomic mass is 16.7. The molecule has 2 aliphatic heterocycles. The molecule has 204 valence electrons. The van der Waals surface area contributed by atoms with Gasteiger partial charge in [0.1, 0.15) is 0 Å². The number of aliphatic carboxylic acids is 1. The van der Waals surface area contributed by atoms with Crippen molar-refractivity contribution in [1.82, 2.24) is 9.80 Å². The molecule has 1 aromatic carbocycles. The number of β-amino-alcohol motifs (C(OH)–C–C–N with tert-alkyl or cyclic N) is 1. The van der Waals surface area contributed by atoms with Crippen LogP contribution >= 0.6 is 0 Å². The maximum Gasteiger partial charge on any atom is 0.307 e. The van der Waals surface area contributed by atoms with Crippen molar-refractivity contribution in [2.45, 2.75) is 57.8 Å². The van der Waals surface area contributed by atoms with E-state index in [0.29, 0.717) is 19.8 Å². The van der Waals surface area contributed by atoms with Crippen LogP contribution < -0.4 is 0 Å². The van der Waals surface area contributed by atoms with Crippen LogP contribution in [0.4, 0.5) is 0 Å². The summed E-state index contributed by atoms with van der Waals surface area (Å²) in [5.41, 5.74) is 3.66. The fraction of sp³-hybridized carbons (Fsp3) is 0.633. The summed E-state index contributed by atoms with van der Waals surface area (Å²) in [7, 11) is 0. The minimum absolute atomic E-state index is 0.0126. The van der Waals surface area contributed by atoms with Crippen molar-refractivity contribution in [3.63, 3.8) is 0 Å². The molecule has 4 rings (SSSR count). The molecule has 2 heterocycles. The van der Waals surface area contributed by atoms with Crippen molar-refractivity contribution in [3.05, 3.63) is 53.6 Å². The van der Waals surface area contributed by atoms with E-state index in [1.807, 2.05) is 0 Å². The number of piperidine rings is 1. The van der Waals surface area contributed by atoms with Crippen LogP contribution in [0.1, 0.15) is 50.2 Å². The number of aliphatic hydroxyl groups excluding tert-OH is 1. The number of aryl methyl sites for hydroxylation is 1. The van der Waals surface area contributed by atoms with Crippen molar-refractivity contribution in [2.24, 2.45) is 11.8 Å². The first-order chi connectivity index (χ1) is 17.9. The van der Waals surface area contributed by atoms with Crippen LogP contribution in [0.15, 0.2) is 42.5 Å². The van der Waals surface area contributed by atoms with Gasteiger partial charge in [-0.15, -0.1) is 0 Å². The number of likely N-dealkylation sites (tertiary alicyclic amines) is 2. The average molecular weight is 513 g/mol. The molecule has 0 bridgehead atoms. The van der Waals surface area contributed by atoms with Crippen LogP contribution in [0.5, 0.6) is 0 Å². The van der Waals surface area contributed by atoms with Crippen LogP contribution in [-0.4, -0.2) is 90.4 Å². The molecule has 0 aromatic heterocycles. The highest BCUT2D eigenvalue weighted by Crippen LogP contribution is 2.40. The Morgan fingerprint density at radius 1 is 1.05 bits per heavy atom. The van der Waals surface area contributed by atoms with Crippen molar-refractivity contribution in [1.29, 1.82) is 0 Å². The van der Waals surface area contributed by atoms with E-state index in [-0.39, 0.29) is 17.9 Å². The summed E-state index contributed by atoms with van der Waals surface area (Å²) in [4.78, 5) is 16.0. The zero-order chi connectivity index (χ0) is 26.3. The predicted molar refractivity (Wildman–Crippen MR) is 145 cm³/mol. The largest absolute Gasteiger partial charge is 0.481 e. The maximum atomic E-state index is 11.4. The Labute approximate surface area is 221 Å². The molecule has 1 aliphatic carbocycles. The van der Waals surface area contributed by atoms with Gasteiger partial charge in [0.2, 0.25) is 0 Å². The van der Waals surface area contributed by atoms with E-state index in [9.17, 15) is 15.0 Å². The number of allylic oxidation sites excluding steroid dienone is 2. The number of ether oxygens (including phenoxy) is 2. The molecule has 2 N–H and O–H groups in total. The number of carbonyl (C=O) groups is 1. The first-order valence-corrected chi connectivity index (χ1v) is 14.0. The van der Waals surface area contributed by atoms with Crippen LogP contribution in [0.25, 0.3) is 5.57 Å². The lowest BCUT2D eigenvalue weighted by Gasteiger charge is -2.40. The van der Waals surface area contributed by atoms with Crippen LogP contribution in [0.3, 0.4) is 0 Å². The topological polar surface area (TPSA) is 82.5 Å². The quantitative estimate of drug-likeness (QED) is 0.324. The van der Waals surface area contributed by atoms with Gasteiger partial charge >= 0.3 is 5.97 Å². The minimum atomic E-state index is -0.845. The lowest BCUT2D eigenvalue weighted by Crippen LogP contribution is -2.44. The molecular weight excluding hydrogens is 468 g/mol.